The molecule has 0 bridgehead atoms. The van der Waals surface area contributed by atoms with Crippen LogP contribution in [0.5, 0.6) is 11.5 Å². The fourth-order valence-electron chi connectivity index (χ4n) is 2.79. The fraction of sp³-hybridized carbons (Fsp3) is 0.125. The molecule has 0 aliphatic carbocycles. The lowest BCUT2D eigenvalue weighted by atomic mass is 10.2. The normalized spacial score (nSPS) is 10.6. The van der Waals surface area contributed by atoms with E-state index in [1.165, 1.54) is 37.6 Å². The molecule has 0 saturated heterocycles. The maximum absolute atomic E-state index is 13.8. The summed E-state index contributed by atoms with van der Waals surface area (Å²) in [5.74, 6) is -1.49. The molecule has 32 heavy (non-hydrogen) atoms. The van der Waals surface area contributed by atoms with Crippen LogP contribution in [0, 0.1) is 5.82 Å². The summed E-state index contributed by atoms with van der Waals surface area (Å²) in [6.45, 7) is 0. The van der Waals surface area contributed by atoms with Gasteiger partial charge in [0.2, 0.25) is 0 Å². The van der Waals surface area contributed by atoms with E-state index >= 15 is 0 Å². The van der Waals surface area contributed by atoms with Crippen LogP contribution >= 0.6 is 0 Å². The van der Waals surface area contributed by atoms with E-state index in [9.17, 15) is 14.0 Å². The molecule has 0 aliphatic rings. The van der Waals surface area contributed by atoms with Crippen LogP contribution in [0.3, 0.4) is 0 Å². The SMILES string of the molecule is COc1cc(/C=N/NC(=O)c2cccc(N(C)C)c2)ccc1OC(=O)c1ccccc1F. The Bertz CT molecular complexity index is 1160. The zero-order valence-corrected chi connectivity index (χ0v) is 17.8. The number of anilines is 1. The minimum atomic E-state index is -0.838. The smallest absolute Gasteiger partial charge is 0.346 e. The number of methoxy groups -OCH3 is 1. The van der Waals surface area contributed by atoms with Gasteiger partial charge in [-0.2, -0.15) is 5.10 Å². The Hall–Kier alpha value is -4.20. The van der Waals surface area contributed by atoms with Gasteiger partial charge in [0.15, 0.2) is 11.5 Å². The van der Waals surface area contributed by atoms with Crippen molar-refractivity contribution in [3.05, 3.63) is 89.2 Å². The van der Waals surface area contributed by atoms with Gasteiger partial charge in [0.1, 0.15) is 5.82 Å². The zero-order valence-electron chi connectivity index (χ0n) is 17.8. The predicted molar refractivity (Wildman–Crippen MR) is 120 cm³/mol. The van der Waals surface area contributed by atoms with Crippen LogP contribution in [0.4, 0.5) is 10.1 Å². The van der Waals surface area contributed by atoms with Gasteiger partial charge in [-0.1, -0.05) is 18.2 Å². The molecular weight excluding hydrogens is 413 g/mol. The summed E-state index contributed by atoms with van der Waals surface area (Å²) in [6.07, 6.45) is 1.43. The van der Waals surface area contributed by atoms with Crippen molar-refractivity contribution in [3.8, 4) is 11.5 Å². The third-order valence-electron chi connectivity index (χ3n) is 4.49. The van der Waals surface area contributed by atoms with Gasteiger partial charge in [0.05, 0.1) is 18.9 Å². The molecule has 0 heterocycles. The van der Waals surface area contributed by atoms with Crippen LogP contribution in [0.2, 0.25) is 0 Å². The molecule has 0 radical (unpaired) electrons. The van der Waals surface area contributed by atoms with Crippen molar-refractivity contribution < 1.29 is 23.5 Å². The van der Waals surface area contributed by atoms with Crippen molar-refractivity contribution >= 4 is 23.8 Å². The predicted octanol–water partition coefficient (Wildman–Crippen LogP) is 3.88. The topological polar surface area (TPSA) is 80.2 Å². The van der Waals surface area contributed by atoms with E-state index < -0.39 is 11.8 Å². The quantitative estimate of drug-likeness (QED) is 0.264. The number of halogens is 1. The highest BCUT2D eigenvalue weighted by molar-refractivity contribution is 5.96. The summed E-state index contributed by atoms with van der Waals surface area (Å²) in [7, 11) is 5.19. The van der Waals surface area contributed by atoms with Crippen LogP contribution in [-0.2, 0) is 0 Å². The number of carbonyl (C=O) groups is 2. The maximum Gasteiger partial charge on any atom is 0.346 e. The number of rotatable bonds is 7. The minimum Gasteiger partial charge on any atom is -0.493 e. The summed E-state index contributed by atoms with van der Waals surface area (Å²) < 4.78 is 24.3. The molecular formula is C24H22FN3O4. The highest BCUT2D eigenvalue weighted by Gasteiger charge is 2.16. The Labute approximate surface area is 185 Å². The summed E-state index contributed by atoms with van der Waals surface area (Å²) in [6, 6.07) is 17.4. The summed E-state index contributed by atoms with van der Waals surface area (Å²) in [5, 5.41) is 3.97. The monoisotopic (exact) mass is 435 g/mol. The average Bonchev–Trinajstić information content (AvgIpc) is 2.80. The number of ether oxygens (including phenoxy) is 2. The number of hydrogen-bond acceptors (Lipinski definition) is 6. The molecule has 1 N–H and O–H groups in total. The molecule has 8 heteroatoms. The molecule has 0 spiro atoms. The first kappa shape index (κ1) is 22.5. The molecule has 3 rings (SSSR count). The van der Waals surface area contributed by atoms with Crippen LogP contribution in [-0.4, -0.2) is 39.3 Å². The molecule has 0 aliphatic heterocycles. The lowest BCUT2D eigenvalue weighted by Gasteiger charge is -2.12. The van der Waals surface area contributed by atoms with Crippen LogP contribution in [0.25, 0.3) is 0 Å². The first-order chi connectivity index (χ1) is 15.4. The van der Waals surface area contributed by atoms with Gasteiger partial charge in [0, 0.05) is 25.3 Å². The van der Waals surface area contributed by atoms with Gasteiger partial charge >= 0.3 is 5.97 Å². The fourth-order valence-corrected chi connectivity index (χ4v) is 2.79. The van der Waals surface area contributed by atoms with Gasteiger partial charge in [-0.3, -0.25) is 4.79 Å². The van der Waals surface area contributed by atoms with Gasteiger partial charge in [-0.25, -0.2) is 14.6 Å². The highest BCUT2D eigenvalue weighted by Crippen LogP contribution is 2.28. The third kappa shape index (κ3) is 5.48. The number of nitrogens with one attached hydrogen (secondary N) is 1. The van der Waals surface area contributed by atoms with E-state index in [-0.39, 0.29) is 23.0 Å². The Kier molecular flexibility index (Phi) is 7.17. The van der Waals surface area contributed by atoms with E-state index in [1.807, 2.05) is 25.1 Å². The Morgan fingerprint density at radius 1 is 1.00 bits per heavy atom. The van der Waals surface area contributed by atoms with Crippen molar-refractivity contribution in [3.63, 3.8) is 0 Å². The first-order valence-electron chi connectivity index (χ1n) is 9.64. The summed E-state index contributed by atoms with van der Waals surface area (Å²) in [4.78, 5) is 26.5. The van der Waals surface area contributed by atoms with E-state index in [2.05, 4.69) is 10.5 Å². The standard InChI is InChI=1S/C24H22FN3O4/c1-28(2)18-8-6-7-17(14-18)23(29)27-26-15-16-11-12-21(22(13-16)31-3)32-24(30)19-9-4-5-10-20(19)25/h4-15H,1-3H3,(H,27,29)/b26-15+. The van der Waals surface area contributed by atoms with E-state index in [0.29, 0.717) is 11.1 Å². The van der Waals surface area contributed by atoms with E-state index in [1.54, 1.807) is 36.4 Å². The number of nitrogens with zero attached hydrogens (tertiary/aromatic N) is 2. The lowest BCUT2D eigenvalue weighted by molar-refractivity contribution is 0.0724. The number of amides is 1. The lowest BCUT2D eigenvalue weighted by Crippen LogP contribution is -2.18. The van der Waals surface area contributed by atoms with Crippen LogP contribution < -0.4 is 19.8 Å². The van der Waals surface area contributed by atoms with Gasteiger partial charge in [-0.05, 0) is 54.1 Å². The molecule has 164 valence electrons. The van der Waals surface area contributed by atoms with Crippen molar-refractivity contribution in [2.45, 2.75) is 0 Å². The molecule has 0 atom stereocenters. The molecule has 0 fully saturated rings. The largest absolute Gasteiger partial charge is 0.493 e. The molecule has 3 aromatic rings. The maximum atomic E-state index is 13.8. The number of carbonyl (C=O) groups excluding carboxylic acids is 2. The van der Waals surface area contributed by atoms with Gasteiger partial charge in [-0.15, -0.1) is 0 Å². The van der Waals surface area contributed by atoms with Crippen LogP contribution in [0.1, 0.15) is 26.3 Å². The summed E-state index contributed by atoms with van der Waals surface area (Å²) >= 11 is 0. The molecule has 0 unspecified atom stereocenters. The van der Waals surface area contributed by atoms with Crippen molar-refractivity contribution in [2.24, 2.45) is 5.10 Å². The van der Waals surface area contributed by atoms with Crippen molar-refractivity contribution in [2.75, 3.05) is 26.1 Å². The second kappa shape index (κ2) is 10.2. The minimum absolute atomic E-state index is 0.127. The number of esters is 1. The Balaban J connectivity index is 1.68. The average molecular weight is 435 g/mol. The zero-order chi connectivity index (χ0) is 23.1. The van der Waals surface area contributed by atoms with E-state index in [0.717, 1.165) is 5.69 Å². The van der Waals surface area contributed by atoms with Gasteiger partial charge in [0.25, 0.3) is 5.91 Å². The van der Waals surface area contributed by atoms with Crippen molar-refractivity contribution in [1.82, 2.24) is 5.43 Å². The highest BCUT2D eigenvalue weighted by atomic mass is 19.1. The summed E-state index contributed by atoms with van der Waals surface area (Å²) in [5.41, 5.74) is 4.25. The number of hydrogen-bond donors (Lipinski definition) is 1. The van der Waals surface area contributed by atoms with Crippen LogP contribution in [0.15, 0.2) is 71.8 Å². The number of hydrazone groups is 1. The molecule has 3 aromatic carbocycles. The molecule has 7 nitrogen and oxygen atoms in total. The Morgan fingerprint density at radius 3 is 2.50 bits per heavy atom. The number of benzene rings is 3. The third-order valence-corrected chi connectivity index (χ3v) is 4.49. The van der Waals surface area contributed by atoms with E-state index in [4.69, 9.17) is 9.47 Å². The molecule has 1 amide bonds. The van der Waals surface area contributed by atoms with Crippen molar-refractivity contribution in [1.29, 1.82) is 0 Å². The Morgan fingerprint density at radius 2 is 1.78 bits per heavy atom. The second-order valence-corrected chi connectivity index (χ2v) is 6.92. The first-order valence-corrected chi connectivity index (χ1v) is 9.64. The molecule has 0 saturated carbocycles. The molecule has 0 aromatic heterocycles. The van der Waals surface area contributed by atoms with Gasteiger partial charge < -0.3 is 14.4 Å². The second-order valence-electron chi connectivity index (χ2n) is 6.92.